The molecule has 1 aliphatic rings. The Hall–Kier alpha value is -1.88. The van der Waals surface area contributed by atoms with Crippen LogP contribution in [0.4, 0.5) is 0 Å². The van der Waals surface area contributed by atoms with Crippen molar-refractivity contribution < 1.29 is 23.8 Å². The zero-order chi connectivity index (χ0) is 15.3. The van der Waals surface area contributed by atoms with E-state index in [4.69, 9.17) is 14.2 Å². The predicted octanol–water partition coefficient (Wildman–Crippen LogP) is 2.09. The summed E-state index contributed by atoms with van der Waals surface area (Å²) in [5.41, 5.74) is 0.332. The van der Waals surface area contributed by atoms with Crippen molar-refractivity contribution >= 4 is 11.9 Å². The number of benzene rings is 1. The molecule has 0 aromatic heterocycles. The average molecular weight is 292 g/mol. The predicted molar refractivity (Wildman–Crippen MR) is 75.3 cm³/mol. The average Bonchev–Trinajstić information content (AvgIpc) is 2.49. The fraction of sp³-hybridized carbons (Fsp3) is 0.500. The molecule has 0 saturated carbocycles. The number of cyclic esters (lactones) is 1. The number of carbonyl (C=O) groups excluding carboxylic acids is 2. The van der Waals surface area contributed by atoms with E-state index in [2.05, 4.69) is 0 Å². The van der Waals surface area contributed by atoms with E-state index in [1.807, 2.05) is 30.3 Å². The Labute approximate surface area is 124 Å². The highest BCUT2D eigenvalue weighted by Gasteiger charge is 2.55. The molecule has 0 radical (unpaired) electrons. The van der Waals surface area contributed by atoms with Crippen LogP contribution < -0.4 is 0 Å². The van der Waals surface area contributed by atoms with Gasteiger partial charge in [-0.2, -0.15) is 0 Å². The number of hydrogen-bond acceptors (Lipinski definition) is 5. The molecule has 0 unspecified atom stereocenters. The Balaban J connectivity index is 1.56. The van der Waals surface area contributed by atoms with Gasteiger partial charge in [-0.3, -0.25) is 4.79 Å². The summed E-state index contributed by atoms with van der Waals surface area (Å²) in [5, 5.41) is 0. The van der Waals surface area contributed by atoms with Gasteiger partial charge in [0.2, 0.25) is 6.10 Å². The van der Waals surface area contributed by atoms with Crippen LogP contribution in [-0.2, 0) is 30.4 Å². The second-order valence-electron chi connectivity index (χ2n) is 5.57. The summed E-state index contributed by atoms with van der Waals surface area (Å²) in [4.78, 5) is 22.9. The lowest BCUT2D eigenvalue weighted by molar-refractivity contribution is -0.212. The molecule has 0 bridgehead atoms. The van der Waals surface area contributed by atoms with E-state index < -0.39 is 17.5 Å². The van der Waals surface area contributed by atoms with Crippen molar-refractivity contribution in [3.63, 3.8) is 0 Å². The summed E-state index contributed by atoms with van der Waals surface area (Å²) in [5.74, 6) is -0.849. The number of esters is 2. The molecular weight excluding hydrogens is 272 g/mol. The van der Waals surface area contributed by atoms with E-state index in [1.165, 1.54) is 0 Å². The van der Waals surface area contributed by atoms with Crippen LogP contribution in [0, 0.1) is 5.41 Å². The maximum atomic E-state index is 11.7. The molecule has 0 N–H and O–H groups in total. The van der Waals surface area contributed by atoms with Crippen molar-refractivity contribution in [2.75, 3.05) is 13.2 Å². The summed E-state index contributed by atoms with van der Waals surface area (Å²) in [6.45, 7) is 4.66. The molecule has 2 rings (SSSR count). The largest absolute Gasteiger partial charge is 0.463 e. The lowest BCUT2D eigenvalue weighted by Crippen LogP contribution is -2.57. The Morgan fingerprint density at radius 3 is 2.57 bits per heavy atom. The Bertz CT molecular complexity index is 495. The zero-order valence-electron chi connectivity index (χ0n) is 12.3. The summed E-state index contributed by atoms with van der Waals surface area (Å²) >= 11 is 0. The molecule has 1 heterocycles. The van der Waals surface area contributed by atoms with E-state index in [0.29, 0.717) is 19.6 Å². The van der Waals surface area contributed by atoms with Gasteiger partial charge in [0.15, 0.2) is 0 Å². The van der Waals surface area contributed by atoms with Gasteiger partial charge in [-0.05, 0) is 19.4 Å². The van der Waals surface area contributed by atoms with Crippen LogP contribution in [0.5, 0.6) is 0 Å². The van der Waals surface area contributed by atoms with Crippen LogP contribution in [0.15, 0.2) is 30.3 Å². The van der Waals surface area contributed by atoms with Gasteiger partial charge < -0.3 is 14.2 Å². The SMILES string of the molecule is CC1(C)C(=O)O[C@H]1C(=O)OCCCOCc1ccccc1. The van der Waals surface area contributed by atoms with Crippen LogP contribution in [0.2, 0.25) is 0 Å². The number of hydrogen-bond donors (Lipinski definition) is 0. The van der Waals surface area contributed by atoms with Crippen molar-refractivity contribution in [3.05, 3.63) is 35.9 Å². The summed E-state index contributed by atoms with van der Waals surface area (Å²) in [7, 11) is 0. The normalized spacial score (nSPS) is 19.5. The molecule has 1 saturated heterocycles. The van der Waals surface area contributed by atoms with Gasteiger partial charge in [0.25, 0.3) is 0 Å². The minimum Gasteiger partial charge on any atom is -0.463 e. The first-order chi connectivity index (χ1) is 10.0. The highest BCUT2D eigenvalue weighted by Crippen LogP contribution is 2.36. The van der Waals surface area contributed by atoms with E-state index in [9.17, 15) is 9.59 Å². The molecule has 0 aliphatic carbocycles. The molecule has 1 atom stereocenters. The summed E-state index contributed by atoms with van der Waals surface area (Å²) in [6.07, 6.45) is -0.171. The van der Waals surface area contributed by atoms with Crippen LogP contribution in [0.25, 0.3) is 0 Å². The van der Waals surface area contributed by atoms with Crippen molar-refractivity contribution in [2.24, 2.45) is 5.41 Å². The molecule has 0 spiro atoms. The third-order valence-electron chi connectivity index (χ3n) is 3.41. The van der Waals surface area contributed by atoms with Crippen molar-refractivity contribution in [2.45, 2.75) is 33.0 Å². The third kappa shape index (κ3) is 3.82. The molecule has 1 aliphatic heterocycles. The summed E-state index contributed by atoms with van der Waals surface area (Å²) < 4.78 is 15.4. The second kappa shape index (κ2) is 6.72. The Morgan fingerprint density at radius 2 is 1.95 bits per heavy atom. The topological polar surface area (TPSA) is 61.8 Å². The fourth-order valence-corrected chi connectivity index (χ4v) is 1.97. The number of ether oxygens (including phenoxy) is 3. The molecule has 1 fully saturated rings. The first kappa shape index (κ1) is 15.5. The quantitative estimate of drug-likeness (QED) is 0.569. The molecule has 114 valence electrons. The van der Waals surface area contributed by atoms with Gasteiger partial charge in [0.1, 0.15) is 5.41 Å². The highest BCUT2D eigenvalue weighted by atomic mass is 16.6. The van der Waals surface area contributed by atoms with Gasteiger partial charge in [-0.1, -0.05) is 30.3 Å². The van der Waals surface area contributed by atoms with E-state index in [1.54, 1.807) is 13.8 Å². The van der Waals surface area contributed by atoms with Crippen molar-refractivity contribution in [1.29, 1.82) is 0 Å². The summed E-state index contributed by atoms with van der Waals surface area (Å²) in [6, 6.07) is 9.86. The van der Waals surface area contributed by atoms with Crippen molar-refractivity contribution in [3.8, 4) is 0 Å². The smallest absolute Gasteiger partial charge is 0.348 e. The van der Waals surface area contributed by atoms with Crippen LogP contribution in [0.1, 0.15) is 25.8 Å². The third-order valence-corrected chi connectivity index (χ3v) is 3.41. The molecule has 1 aromatic rings. The molecule has 1 aromatic carbocycles. The minimum atomic E-state index is -0.782. The van der Waals surface area contributed by atoms with E-state index in [-0.39, 0.29) is 12.6 Å². The zero-order valence-corrected chi connectivity index (χ0v) is 12.3. The van der Waals surface area contributed by atoms with Gasteiger partial charge >= 0.3 is 11.9 Å². The monoisotopic (exact) mass is 292 g/mol. The molecule has 0 amide bonds. The second-order valence-corrected chi connectivity index (χ2v) is 5.57. The fourth-order valence-electron chi connectivity index (χ4n) is 1.97. The maximum absolute atomic E-state index is 11.7. The Kier molecular flexibility index (Phi) is 4.96. The lowest BCUT2D eigenvalue weighted by atomic mass is 9.81. The maximum Gasteiger partial charge on any atom is 0.348 e. The molecule has 5 nitrogen and oxygen atoms in total. The first-order valence-electron chi connectivity index (χ1n) is 7.01. The number of rotatable bonds is 7. The first-order valence-corrected chi connectivity index (χ1v) is 7.01. The van der Waals surface area contributed by atoms with Gasteiger partial charge in [-0.25, -0.2) is 4.79 Å². The van der Waals surface area contributed by atoms with Crippen LogP contribution in [-0.4, -0.2) is 31.3 Å². The highest BCUT2D eigenvalue weighted by molar-refractivity contribution is 5.94. The van der Waals surface area contributed by atoms with Crippen molar-refractivity contribution in [1.82, 2.24) is 0 Å². The molecule has 5 heteroatoms. The lowest BCUT2D eigenvalue weighted by Gasteiger charge is -2.39. The van der Waals surface area contributed by atoms with E-state index in [0.717, 1.165) is 5.56 Å². The standard InChI is InChI=1S/C16H20O5/c1-16(2)13(21-15(16)18)14(17)20-10-6-9-19-11-12-7-4-3-5-8-12/h3-5,7-8,13H,6,9-11H2,1-2H3/t13-/m0/s1. The van der Waals surface area contributed by atoms with Gasteiger partial charge in [-0.15, -0.1) is 0 Å². The van der Waals surface area contributed by atoms with Crippen LogP contribution >= 0.6 is 0 Å². The minimum absolute atomic E-state index is 0.262. The molecule has 21 heavy (non-hydrogen) atoms. The van der Waals surface area contributed by atoms with Gasteiger partial charge in [0, 0.05) is 6.42 Å². The number of carbonyl (C=O) groups is 2. The van der Waals surface area contributed by atoms with Crippen LogP contribution in [0.3, 0.4) is 0 Å². The molecular formula is C16H20O5. The van der Waals surface area contributed by atoms with E-state index >= 15 is 0 Å². The van der Waals surface area contributed by atoms with Gasteiger partial charge in [0.05, 0.1) is 19.8 Å². The Morgan fingerprint density at radius 1 is 1.24 bits per heavy atom.